The summed E-state index contributed by atoms with van der Waals surface area (Å²) in [5.41, 5.74) is 0.538. The average Bonchev–Trinajstić information content (AvgIpc) is 2.27. The number of benzene rings is 1. The summed E-state index contributed by atoms with van der Waals surface area (Å²) < 4.78 is 0. The third-order valence-electron chi connectivity index (χ3n) is 2.26. The van der Waals surface area contributed by atoms with Crippen LogP contribution >= 0.6 is 0 Å². The molecule has 0 saturated carbocycles. The van der Waals surface area contributed by atoms with Crippen molar-refractivity contribution in [2.24, 2.45) is 5.41 Å². The zero-order chi connectivity index (χ0) is 10.4. The molecule has 0 radical (unpaired) electrons. The van der Waals surface area contributed by atoms with Crippen molar-refractivity contribution >= 4 is 5.69 Å². The Bertz CT molecular complexity index is 257. The van der Waals surface area contributed by atoms with Gasteiger partial charge in [-0.1, -0.05) is 25.1 Å². The topological polar surface area (TPSA) is 52.5 Å². The van der Waals surface area contributed by atoms with Crippen LogP contribution < -0.4 is 5.32 Å². The first-order valence-corrected chi connectivity index (χ1v) is 4.71. The number of rotatable bonds is 5. The molecule has 0 bridgehead atoms. The molecular formula is C11H17NO2. The Labute approximate surface area is 84.4 Å². The van der Waals surface area contributed by atoms with Crippen LogP contribution in [-0.2, 0) is 0 Å². The van der Waals surface area contributed by atoms with E-state index in [2.05, 4.69) is 5.32 Å². The van der Waals surface area contributed by atoms with Crippen molar-refractivity contribution in [2.75, 3.05) is 25.1 Å². The Balaban J connectivity index is 2.48. The van der Waals surface area contributed by atoms with Crippen LogP contribution in [0.25, 0.3) is 0 Å². The summed E-state index contributed by atoms with van der Waals surface area (Å²) in [6.45, 7) is 2.35. The summed E-state index contributed by atoms with van der Waals surface area (Å²) in [6.07, 6.45) is 0. The number of anilines is 1. The lowest BCUT2D eigenvalue weighted by atomic mass is 9.93. The molecule has 0 heterocycles. The van der Waals surface area contributed by atoms with Gasteiger partial charge >= 0.3 is 0 Å². The molecule has 0 unspecified atom stereocenters. The van der Waals surface area contributed by atoms with Crippen LogP contribution in [0.4, 0.5) is 5.69 Å². The van der Waals surface area contributed by atoms with Crippen molar-refractivity contribution < 1.29 is 10.2 Å². The smallest absolute Gasteiger partial charge is 0.0523 e. The van der Waals surface area contributed by atoms with E-state index in [1.54, 1.807) is 0 Å². The van der Waals surface area contributed by atoms with Crippen LogP contribution in [0.15, 0.2) is 30.3 Å². The summed E-state index contributed by atoms with van der Waals surface area (Å²) in [6, 6.07) is 9.74. The predicted octanol–water partition coefficient (Wildman–Crippen LogP) is 1.09. The predicted molar refractivity (Wildman–Crippen MR) is 57.2 cm³/mol. The highest BCUT2D eigenvalue weighted by Gasteiger charge is 2.21. The molecule has 0 amide bonds. The van der Waals surface area contributed by atoms with Gasteiger partial charge in [0.2, 0.25) is 0 Å². The molecule has 3 nitrogen and oxygen atoms in total. The first kappa shape index (κ1) is 11.0. The normalized spacial score (nSPS) is 11.4. The molecule has 0 spiro atoms. The Morgan fingerprint density at radius 2 is 1.71 bits per heavy atom. The number of hydrogen-bond acceptors (Lipinski definition) is 3. The summed E-state index contributed by atoms with van der Waals surface area (Å²) >= 11 is 0. The highest BCUT2D eigenvalue weighted by atomic mass is 16.3. The number of para-hydroxylation sites is 1. The van der Waals surface area contributed by atoms with Gasteiger partial charge in [0.1, 0.15) is 0 Å². The average molecular weight is 195 g/mol. The van der Waals surface area contributed by atoms with Crippen LogP contribution in [0.1, 0.15) is 6.92 Å². The second-order valence-electron chi connectivity index (χ2n) is 3.85. The molecule has 3 N–H and O–H groups in total. The molecule has 3 heteroatoms. The van der Waals surface area contributed by atoms with Crippen LogP contribution in [0.5, 0.6) is 0 Å². The monoisotopic (exact) mass is 195 g/mol. The third kappa shape index (κ3) is 3.01. The van der Waals surface area contributed by atoms with Crippen molar-refractivity contribution in [3.8, 4) is 0 Å². The molecule has 1 aromatic carbocycles. The van der Waals surface area contributed by atoms with E-state index in [1.165, 1.54) is 0 Å². The van der Waals surface area contributed by atoms with Crippen LogP contribution in [-0.4, -0.2) is 30.0 Å². The maximum Gasteiger partial charge on any atom is 0.0523 e. The van der Waals surface area contributed by atoms with Crippen molar-refractivity contribution in [2.45, 2.75) is 6.92 Å². The Morgan fingerprint density at radius 1 is 1.14 bits per heavy atom. The number of aliphatic hydroxyl groups is 2. The van der Waals surface area contributed by atoms with E-state index in [0.29, 0.717) is 6.54 Å². The van der Waals surface area contributed by atoms with Gasteiger partial charge in [0.05, 0.1) is 13.2 Å². The fourth-order valence-electron chi connectivity index (χ4n) is 1.03. The van der Waals surface area contributed by atoms with Gasteiger partial charge in [-0.25, -0.2) is 0 Å². The van der Waals surface area contributed by atoms with Crippen LogP contribution in [0.2, 0.25) is 0 Å². The molecule has 0 fully saturated rings. The zero-order valence-electron chi connectivity index (χ0n) is 8.40. The fraction of sp³-hybridized carbons (Fsp3) is 0.455. The standard InChI is InChI=1S/C11H17NO2/c1-11(8-13,9-14)7-12-10-5-3-2-4-6-10/h2-6,12-14H,7-9H2,1H3. The molecule has 78 valence electrons. The summed E-state index contributed by atoms with van der Waals surface area (Å²) in [5.74, 6) is 0. The largest absolute Gasteiger partial charge is 0.396 e. The van der Waals surface area contributed by atoms with E-state index in [9.17, 15) is 0 Å². The Morgan fingerprint density at radius 3 is 2.21 bits per heavy atom. The van der Waals surface area contributed by atoms with Gasteiger partial charge in [-0.2, -0.15) is 0 Å². The first-order valence-electron chi connectivity index (χ1n) is 4.71. The number of nitrogens with one attached hydrogen (secondary N) is 1. The molecule has 0 aliphatic rings. The maximum absolute atomic E-state index is 9.06. The van der Waals surface area contributed by atoms with Crippen molar-refractivity contribution in [3.63, 3.8) is 0 Å². The minimum absolute atomic E-state index is 0.0245. The third-order valence-corrected chi connectivity index (χ3v) is 2.26. The fourth-order valence-corrected chi connectivity index (χ4v) is 1.03. The van der Waals surface area contributed by atoms with Gasteiger partial charge in [-0.05, 0) is 12.1 Å². The van der Waals surface area contributed by atoms with Crippen molar-refractivity contribution in [3.05, 3.63) is 30.3 Å². The maximum atomic E-state index is 9.06. The SMILES string of the molecule is CC(CO)(CO)CNc1ccccc1. The van der Waals surface area contributed by atoms with Gasteiger partial charge in [0, 0.05) is 17.6 Å². The van der Waals surface area contributed by atoms with Crippen molar-refractivity contribution in [1.29, 1.82) is 0 Å². The molecular weight excluding hydrogens is 178 g/mol. The van der Waals surface area contributed by atoms with Crippen LogP contribution in [0, 0.1) is 5.41 Å². The van der Waals surface area contributed by atoms with E-state index < -0.39 is 5.41 Å². The Hall–Kier alpha value is -1.06. The summed E-state index contributed by atoms with van der Waals surface area (Å²) in [4.78, 5) is 0. The number of aliphatic hydroxyl groups excluding tert-OH is 2. The minimum atomic E-state index is -0.462. The van der Waals surface area contributed by atoms with E-state index >= 15 is 0 Å². The number of hydrogen-bond donors (Lipinski definition) is 3. The Kier molecular flexibility index (Phi) is 3.92. The van der Waals surface area contributed by atoms with Gasteiger partial charge < -0.3 is 15.5 Å². The van der Waals surface area contributed by atoms with Gasteiger partial charge in [-0.15, -0.1) is 0 Å². The molecule has 1 rings (SSSR count). The zero-order valence-corrected chi connectivity index (χ0v) is 8.40. The first-order chi connectivity index (χ1) is 6.70. The minimum Gasteiger partial charge on any atom is -0.396 e. The molecule has 0 saturated heterocycles. The quantitative estimate of drug-likeness (QED) is 0.659. The van der Waals surface area contributed by atoms with Gasteiger partial charge in [0.15, 0.2) is 0 Å². The van der Waals surface area contributed by atoms with Gasteiger partial charge in [-0.3, -0.25) is 0 Å². The molecule has 14 heavy (non-hydrogen) atoms. The second-order valence-corrected chi connectivity index (χ2v) is 3.85. The molecule has 0 aromatic heterocycles. The summed E-state index contributed by atoms with van der Waals surface area (Å²) in [5, 5.41) is 21.3. The van der Waals surface area contributed by atoms with E-state index in [0.717, 1.165) is 5.69 Å². The lowest BCUT2D eigenvalue weighted by Gasteiger charge is -2.25. The van der Waals surface area contributed by atoms with Crippen LogP contribution in [0.3, 0.4) is 0 Å². The lowest BCUT2D eigenvalue weighted by molar-refractivity contribution is 0.0806. The second kappa shape index (κ2) is 4.98. The molecule has 1 aromatic rings. The van der Waals surface area contributed by atoms with E-state index in [4.69, 9.17) is 10.2 Å². The van der Waals surface area contributed by atoms with Crippen molar-refractivity contribution in [1.82, 2.24) is 0 Å². The molecule has 0 aliphatic heterocycles. The van der Waals surface area contributed by atoms with Gasteiger partial charge in [0.25, 0.3) is 0 Å². The highest BCUT2D eigenvalue weighted by Crippen LogP contribution is 2.15. The molecule has 0 aliphatic carbocycles. The highest BCUT2D eigenvalue weighted by molar-refractivity contribution is 5.42. The molecule has 0 atom stereocenters. The summed E-state index contributed by atoms with van der Waals surface area (Å²) in [7, 11) is 0. The van der Waals surface area contributed by atoms with E-state index in [1.807, 2.05) is 37.3 Å². The van der Waals surface area contributed by atoms with E-state index in [-0.39, 0.29) is 13.2 Å². The lowest BCUT2D eigenvalue weighted by Crippen LogP contribution is -2.33.